The van der Waals surface area contributed by atoms with E-state index in [1.165, 1.54) is 5.56 Å². The van der Waals surface area contributed by atoms with Crippen LogP contribution in [0.1, 0.15) is 55.1 Å². The number of benzene rings is 2. The molecule has 2 aromatic carbocycles. The third-order valence-electron chi connectivity index (χ3n) is 8.95. The van der Waals surface area contributed by atoms with Gasteiger partial charge >= 0.3 is 0 Å². The Balaban J connectivity index is 1.44. The Hall–Kier alpha value is -3.14. The minimum absolute atomic E-state index is 0.177. The number of carbonyl (C=O) groups excluding carboxylic acids is 2. The van der Waals surface area contributed by atoms with Crippen molar-refractivity contribution in [2.45, 2.75) is 53.1 Å². The van der Waals surface area contributed by atoms with Gasteiger partial charge < -0.3 is 15.0 Å². The Labute approximate surface area is 258 Å². The van der Waals surface area contributed by atoms with E-state index in [0.717, 1.165) is 91.7 Å². The van der Waals surface area contributed by atoms with Crippen LogP contribution in [0.3, 0.4) is 0 Å². The first-order valence-corrected chi connectivity index (χ1v) is 17.0. The summed E-state index contributed by atoms with van der Waals surface area (Å²) in [6.07, 6.45) is 3.91. The molecule has 8 nitrogen and oxygen atoms in total. The van der Waals surface area contributed by atoms with Crippen LogP contribution in [0.4, 0.5) is 5.69 Å². The number of hydrogen-bond acceptors (Lipinski definition) is 6. The summed E-state index contributed by atoms with van der Waals surface area (Å²) in [5, 5.41) is 3.06. The Morgan fingerprint density at radius 3 is 2.44 bits per heavy atom. The number of nitrogens with zero attached hydrogens (tertiary/aromatic N) is 3. The summed E-state index contributed by atoms with van der Waals surface area (Å²) < 4.78 is 13.7. The number of rotatable bonds is 9. The summed E-state index contributed by atoms with van der Waals surface area (Å²) >= 11 is 0. The number of carbonyl (C=O) groups is 2. The molecule has 9 heteroatoms. The van der Waals surface area contributed by atoms with Crippen LogP contribution in [0, 0.1) is 17.6 Å². The number of morpholine rings is 1. The molecule has 2 amide bonds. The summed E-state index contributed by atoms with van der Waals surface area (Å²) in [7, 11) is -0.248. The summed E-state index contributed by atoms with van der Waals surface area (Å²) in [5.41, 5.74) is 7.60. The molecular weight excluding hydrogens is 558 g/mol. The zero-order chi connectivity index (χ0) is 30.5. The highest BCUT2D eigenvalue weighted by molar-refractivity contribution is 7.86. The second-order valence-corrected chi connectivity index (χ2v) is 13.7. The van der Waals surface area contributed by atoms with Gasteiger partial charge in [-0.3, -0.25) is 19.3 Å². The van der Waals surface area contributed by atoms with Crippen molar-refractivity contribution < 1.29 is 14.3 Å². The lowest BCUT2D eigenvalue weighted by Crippen LogP contribution is -2.40. The molecule has 3 aliphatic rings. The lowest BCUT2D eigenvalue weighted by Gasteiger charge is -2.37. The van der Waals surface area contributed by atoms with Crippen LogP contribution in [0.2, 0.25) is 0 Å². The Bertz CT molecular complexity index is 1420. The van der Waals surface area contributed by atoms with Gasteiger partial charge in [-0.15, -0.1) is 10.7 Å². The molecule has 0 saturated carbocycles. The second-order valence-electron chi connectivity index (χ2n) is 11.9. The van der Waals surface area contributed by atoms with Crippen LogP contribution in [0.15, 0.2) is 53.0 Å². The van der Waals surface area contributed by atoms with Crippen LogP contribution in [0.5, 0.6) is 0 Å². The van der Waals surface area contributed by atoms with E-state index in [1.807, 2.05) is 32.9 Å². The third-order valence-corrected chi connectivity index (χ3v) is 10.4. The molecule has 1 atom stereocenters. The SMILES string of the molecule is CCN(c1cc(-c2ccc(CN3CCOCC3)cc2)cc(C(=O)NCC2C(=O)N=C(C)C=C2C)c1C)C1CCS(=N)CC1. The maximum absolute atomic E-state index is 13.8. The number of dihydropyridines is 1. The highest BCUT2D eigenvalue weighted by Crippen LogP contribution is 2.34. The van der Waals surface area contributed by atoms with Crippen molar-refractivity contribution in [3.05, 3.63) is 64.7 Å². The van der Waals surface area contributed by atoms with E-state index in [0.29, 0.717) is 17.3 Å². The number of ether oxygens (including phenoxy) is 1. The smallest absolute Gasteiger partial charge is 0.254 e. The highest BCUT2D eigenvalue weighted by atomic mass is 32.2. The Morgan fingerprint density at radius 2 is 1.79 bits per heavy atom. The molecule has 5 rings (SSSR count). The van der Waals surface area contributed by atoms with Crippen molar-refractivity contribution >= 4 is 33.9 Å². The minimum atomic E-state index is -0.442. The van der Waals surface area contributed by atoms with Gasteiger partial charge in [0.25, 0.3) is 11.8 Å². The molecule has 0 bridgehead atoms. The van der Waals surface area contributed by atoms with E-state index in [4.69, 9.17) is 9.52 Å². The van der Waals surface area contributed by atoms with Crippen molar-refractivity contribution in [2.75, 3.05) is 55.8 Å². The minimum Gasteiger partial charge on any atom is -0.379 e. The van der Waals surface area contributed by atoms with Crippen LogP contribution in [-0.2, 0) is 26.8 Å². The molecule has 43 heavy (non-hydrogen) atoms. The van der Waals surface area contributed by atoms with Gasteiger partial charge in [-0.1, -0.05) is 29.8 Å². The molecule has 230 valence electrons. The number of aliphatic imine (C=N–C) groups is 1. The van der Waals surface area contributed by atoms with Gasteiger partial charge in [0.05, 0.1) is 19.1 Å². The highest BCUT2D eigenvalue weighted by Gasteiger charge is 2.27. The molecule has 2 aromatic rings. The van der Waals surface area contributed by atoms with E-state index in [1.54, 1.807) is 0 Å². The molecule has 2 N–H and O–H groups in total. The molecule has 1 unspecified atom stereocenters. The van der Waals surface area contributed by atoms with Gasteiger partial charge in [0.1, 0.15) is 0 Å². The molecule has 0 aliphatic carbocycles. The first kappa shape index (κ1) is 31.3. The number of allylic oxidation sites excluding steroid dienone is 1. The largest absolute Gasteiger partial charge is 0.379 e. The van der Waals surface area contributed by atoms with Gasteiger partial charge in [-0.25, -0.2) is 4.99 Å². The number of hydrogen-bond donors (Lipinski definition) is 2. The van der Waals surface area contributed by atoms with Gasteiger partial charge in [-0.2, -0.15) is 0 Å². The summed E-state index contributed by atoms with van der Waals surface area (Å²) in [6, 6.07) is 13.3. The summed E-state index contributed by atoms with van der Waals surface area (Å²) in [6.45, 7) is 13.4. The molecule has 3 heterocycles. The van der Waals surface area contributed by atoms with Crippen LogP contribution in [-0.4, -0.2) is 79.4 Å². The first-order chi connectivity index (χ1) is 20.7. The predicted molar refractivity (Wildman–Crippen MR) is 176 cm³/mol. The topological polar surface area (TPSA) is 98.1 Å². The number of amides is 2. The van der Waals surface area contributed by atoms with Gasteiger partial charge in [0.15, 0.2) is 0 Å². The average molecular weight is 604 g/mol. The average Bonchev–Trinajstić information content (AvgIpc) is 2.99. The van der Waals surface area contributed by atoms with Crippen molar-refractivity contribution in [1.29, 1.82) is 4.78 Å². The first-order valence-electron chi connectivity index (χ1n) is 15.5. The lowest BCUT2D eigenvalue weighted by molar-refractivity contribution is -0.120. The third kappa shape index (κ3) is 7.51. The number of anilines is 1. The summed E-state index contributed by atoms with van der Waals surface area (Å²) in [5.74, 6) is 1.04. The molecular formula is C34H45N5O3S. The van der Waals surface area contributed by atoms with Gasteiger partial charge in [-0.05, 0) is 81.0 Å². The van der Waals surface area contributed by atoms with E-state index < -0.39 is 5.92 Å². The molecule has 2 fully saturated rings. The van der Waals surface area contributed by atoms with Crippen LogP contribution in [0.25, 0.3) is 11.1 Å². The van der Waals surface area contributed by atoms with Crippen LogP contribution >= 0.6 is 0 Å². The fourth-order valence-corrected chi connectivity index (χ4v) is 7.72. The Kier molecular flexibility index (Phi) is 10.3. The van der Waals surface area contributed by atoms with Crippen molar-refractivity contribution in [3.8, 4) is 11.1 Å². The maximum atomic E-state index is 13.8. The molecule has 2 saturated heterocycles. The maximum Gasteiger partial charge on any atom is 0.254 e. The lowest BCUT2D eigenvalue weighted by atomic mass is 9.94. The summed E-state index contributed by atoms with van der Waals surface area (Å²) in [4.78, 5) is 35.3. The standard InChI is InChI=1S/C34H45N5O3S/c1-5-39(29-10-16-43(35)17-11-29)32-20-28(27-8-6-26(7-9-27)22-38-12-14-42-15-13-38)19-30(25(32)4)33(40)36-21-31-23(2)18-24(3)37-34(31)41/h6-9,18-20,29,31,35H,5,10-17,21-22H2,1-4H3,(H,36,40). The second kappa shape index (κ2) is 14.1. The van der Waals surface area contributed by atoms with E-state index in [-0.39, 0.29) is 29.1 Å². The normalized spacial score (nSPS) is 23.0. The zero-order valence-electron chi connectivity index (χ0n) is 25.9. The fourth-order valence-electron chi connectivity index (χ4n) is 6.41. The molecule has 3 aliphatic heterocycles. The molecule has 0 aromatic heterocycles. The van der Waals surface area contributed by atoms with E-state index >= 15 is 0 Å². The zero-order valence-corrected chi connectivity index (χ0v) is 26.8. The van der Waals surface area contributed by atoms with E-state index in [2.05, 4.69) is 57.4 Å². The fraction of sp³-hybridized carbons (Fsp3) is 0.500. The van der Waals surface area contributed by atoms with Gasteiger partial charge in [0, 0.05) is 67.2 Å². The van der Waals surface area contributed by atoms with Crippen molar-refractivity contribution in [3.63, 3.8) is 0 Å². The quantitative estimate of drug-likeness (QED) is 0.413. The van der Waals surface area contributed by atoms with E-state index in [9.17, 15) is 9.59 Å². The Morgan fingerprint density at radius 1 is 1.09 bits per heavy atom. The van der Waals surface area contributed by atoms with Crippen molar-refractivity contribution in [2.24, 2.45) is 10.9 Å². The molecule has 0 radical (unpaired) electrons. The van der Waals surface area contributed by atoms with Crippen molar-refractivity contribution in [1.82, 2.24) is 10.2 Å². The predicted octanol–water partition coefficient (Wildman–Crippen LogP) is 5.16. The number of nitrogens with one attached hydrogen (secondary N) is 2. The monoisotopic (exact) mass is 603 g/mol. The molecule has 0 spiro atoms. The van der Waals surface area contributed by atoms with Crippen LogP contribution < -0.4 is 10.2 Å². The van der Waals surface area contributed by atoms with Gasteiger partial charge in [0.2, 0.25) is 0 Å².